The highest BCUT2D eigenvalue weighted by molar-refractivity contribution is 7.22. The number of nitrogens with zero attached hydrogens (tertiary/aromatic N) is 2. The first-order chi connectivity index (χ1) is 12.5. The summed E-state index contributed by atoms with van der Waals surface area (Å²) >= 11 is 1.36. The summed E-state index contributed by atoms with van der Waals surface area (Å²) in [6.45, 7) is 3.49. The number of nitrogens with one attached hydrogen (secondary N) is 1. The van der Waals surface area contributed by atoms with Crippen LogP contribution in [0.15, 0.2) is 42.5 Å². The lowest BCUT2D eigenvalue weighted by Gasteiger charge is -2.21. The van der Waals surface area contributed by atoms with E-state index in [0.717, 1.165) is 20.7 Å². The number of anilines is 1. The Morgan fingerprint density at radius 1 is 1.08 bits per heavy atom. The van der Waals surface area contributed by atoms with Gasteiger partial charge in [0, 0.05) is 0 Å². The van der Waals surface area contributed by atoms with Crippen molar-refractivity contribution < 1.29 is 14.4 Å². The molecule has 3 amide bonds. The molecule has 1 aliphatic heterocycles. The van der Waals surface area contributed by atoms with Crippen LogP contribution in [0.4, 0.5) is 5.13 Å². The highest BCUT2D eigenvalue weighted by Crippen LogP contribution is 2.29. The lowest BCUT2D eigenvalue weighted by atomic mass is 10.1. The van der Waals surface area contributed by atoms with Gasteiger partial charge in [-0.1, -0.05) is 35.6 Å². The van der Waals surface area contributed by atoms with E-state index in [4.69, 9.17) is 0 Å². The Balaban J connectivity index is 1.57. The standard InChI is InChI=1S/C19H15N3O3S/c1-10-6-5-9-14-15(10)20-19(26-14)21-16(23)11(2)22-17(24)12-7-3-4-8-13(12)18(22)25/h3-9,11H,1-2H3,(H,20,21,23)/t11-/m1/s1. The monoisotopic (exact) mass is 365 g/mol. The minimum absolute atomic E-state index is 0.327. The maximum absolute atomic E-state index is 12.6. The van der Waals surface area contributed by atoms with E-state index in [2.05, 4.69) is 10.3 Å². The molecule has 0 unspecified atom stereocenters. The number of aromatic nitrogens is 1. The van der Waals surface area contributed by atoms with E-state index < -0.39 is 23.8 Å². The quantitative estimate of drug-likeness (QED) is 0.723. The number of para-hydroxylation sites is 1. The second kappa shape index (κ2) is 6.03. The van der Waals surface area contributed by atoms with Gasteiger partial charge in [-0.05, 0) is 37.6 Å². The summed E-state index contributed by atoms with van der Waals surface area (Å²) in [4.78, 5) is 43.1. The molecule has 0 saturated carbocycles. The number of rotatable bonds is 3. The van der Waals surface area contributed by atoms with Gasteiger partial charge in [0.2, 0.25) is 5.91 Å². The van der Waals surface area contributed by atoms with Crippen LogP contribution in [0.3, 0.4) is 0 Å². The van der Waals surface area contributed by atoms with Crippen molar-refractivity contribution >= 4 is 44.4 Å². The Bertz CT molecular complexity index is 1040. The molecule has 26 heavy (non-hydrogen) atoms. The number of fused-ring (bicyclic) bond motifs is 2. The number of thiazole rings is 1. The molecule has 6 nitrogen and oxygen atoms in total. The number of imide groups is 1. The van der Waals surface area contributed by atoms with Crippen LogP contribution in [0.25, 0.3) is 10.2 Å². The van der Waals surface area contributed by atoms with E-state index in [0.29, 0.717) is 16.3 Å². The molecule has 0 radical (unpaired) electrons. The second-order valence-electron chi connectivity index (χ2n) is 6.13. The molecule has 0 aliphatic carbocycles. The van der Waals surface area contributed by atoms with Crippen molar-refractivity contribution in [2.75, 3.05) is 5.32 Å². The Hall–Kier alpha value is -3.06. The maximum atomic E-state index is 12.6. The molecule has 4 rings (SSSR count). The number of hydrogen-bond donors (Lipinski definition) is 1. The molecular weight excluding hydrogens is 350 g/mol. The minimum Gasteiger partial charge on any atom is -0.300 e. The maximum Gasteiger partial charge on any atom is 0.262 e. The summed E-state index contributed by atoms with van der Waals surface area (Å²) in [5.41, 5.74) is 2.51. The zero-order valence-electron chi connectivity index (χ0n) is 14.1. The molecule has 2 aromatic carbocycles. The van der Waals surface area contributed by atoms with Crippen LogP contribution < -0.4 is 5.32 Å². The summed E-state index contributed by atoms with van der Waals surface area (Å²) in [7, 11) is 0. The Labute approximate surface area is 153 Å². The lowest BCUT2D eigenvalue weighted by Crippen LogP contribution is -2.45. The van der Waals surface area contributed by atoms with Crippen LogP contribution in [-0.4, -0.2) is 33.6 Å². The van der Waals surface area contributed by atoms with E-state index >= 15 is 0 Å². The number of amides is 3. The van der Waals surface area contributed by atoms with Crippen molar-refractivity contribution in [3.8, 4) is 0 Å². The van der Waals surface area contributed by atoms with Crippen molar-refractivity contribution in [1.29, 1.82) is 0 Å². The first-order valence-corrected chi connectivity index (χ1v) is 8.93. The molecule has 3 aromatic rings. The van der Waals surface area contributed by atoms with Crippen LogP contribution in [0.5, 0.6) is 0 Å². The molecule has 130 valence electrons. The predicted molar refractivity (Wildman–Crippen MR) is 99.4 cm³/mol. The topological polar surface area (TPSA) is 79.4 Å². The van der Waals surface area contributed by atoms with Gasteiger partial charge in [0.15, 0.2) is 5.13 Å². The average molecular weight is 365 g/mol. The predicted octanol–water partition coefficient (Wildman–Crippen LogP) is 3.23. The fraction of sp³-hybridized carbons (Fsp3) is 0.158. The fourth-order valence-corrected chi connectivity index (χ4v) is 3.97. The zero-order valence-corrected chi connectivity index (χ0v) is 15.0. The molecule has 0 fully saturated rings. The van der Waals surface area contributed by atoms with Crippen LogP contribution in [0.1, 0.15) is 33.2 Å². The molecule has 7 heteroatoms. The van der Waals surface area contributed by atoms with Gasteiger partial charge in [0.05, 0.1) is 21.3 Å². The van der Waals surface area contributed by atoms with E-state index in [9.17, 15) is 14.4 Å². The van der Waals surface area contributed by atoms with Crippen LogP contribution in [0.2, 0.25) is 0 Å². The number of carbonyl (C=O) groups is 3. The van der Waals surface area contributed by atoms with E-state index in [1.807, 2.05) is 25.1 Å². The first kappa shape index (κ1) is 16.4. The normalized spacial score (nSPS) is 14.6. The second-order valence-corrected chi connectivity index (χ2v) is 7.16. The Morgan fingerprint density at radius 2 is 1.73 bits per heavy atom. The molecule has 1 atom stereocenters. The van der Waals surface area contributed by atoms with Gasteiger partial charge >= 0.3 is 0 Å². The highest BCUT2D eigenvalue weighted by atomic mass is 32.1. The summed E-state index contributed by atoms with van der Waals surface area (Å²) in [5.74, 6) is -1.35. The lowest BCUT2D eigenvalue weighted by molar-refractivity contribution is -0.119. The fourth-order valence-electron chi connectivity index (χ4n) is 3.03. The molecule has 0 bridgehead atoms. The summed E-state index contributed by atoms with van der Waals surface area (Å²) in [6, 6.07) is 11.5. The third kappa shape index (κ3) is 2.48. The summed E-state index contributed by atoms with van der Waals surface area (Å²) in [6.07, 6.45) is 0. The third-order valence-electron chi connectivity index (χ3n) is 4.44. The van der Waals surface area contributed by atoms with Gasteiger partial charge in [0.1, 0.15) is 6.04 Å². The Kier molecular flexibility index (Phi) is 3.81. The van der Waals surface area contributed by atoms with Crippen LogP contribution >= 0.6 is 11.3 Å². The van der Waals surface area contributed by atoms with Crippen LogP contribution in [0, 0.1) is 6.92 Å². The SMILES string of the molecule is Cc1cccc2sc(NC(=O)[C@@H](C)N3C(=O)c4ccccc4C3=O)nc12. The van der Waals surface area contributed by atoms with Gasteiger partial charge in [0.25, 0.3) is 11.8 Å². The molecule has 0 spiro atoms. The van der Waals surface area contributed by atoms with Crippen molar-refractivity contribution in [2.45, 2.75) is 19.9 Å². The number of hydrogen-bond acceptors (Lipinski definition) is 5. The average Bonchev–Trinajstić information content (AvgIpc) is 3.15. The van der Waals surface area contributed by atoms with Crippen molar-refractivity contribution in [2.24, 2.45) is 0 Å². The van der Waals surface area contributed by atoms with Crippen molar-refractivity contribution in [1.82, 2.24) is 9.88 Å². The zero-order chi connectivity index (χ0) is 18.4. The van der Waals surface area contributed by atoms with Gasteiger partial charge < -0.3 is 5.32 Å². The molecule has 2 heterocycles. The van der Waals surface area contributed by atoms with Crippen LogP contribution in [-0.2, 0) is 4.79 Å². The van der Waals surface area contributed by atoms with Crippen molar-refractivity contribution in [3.05, 3.63) is 59.2 Å². The van der Waals surface area contributed by atoms with Gasteiger partial charge in [-0.3, -0.25) is 19.3 Å². The first-order valence-electron chi connectivity index (χ1n) is 8.11. The number of benzene rings is 2. The van der Waals surface area contributed by atoms with E-state index in [1.165, 1.54) is 18.3 Å². The van der Waals surface area contributed by atoms with Gasteiger partial charge in [-0.25, -0.2) is 4.98 Å². The van der Waals surface area contributed by atoms with Gasteiger partial charge in [-0.15, -0.1) is 0 Å². The van der Waals surface area contributed by atoms with Gasteiger partial charge in [-0.2, -0.15) is 0 Å². The number of aryl methyl sites for hydroxylation is 1. The van der Waals surface area contributed by atoms with E-state index in [-0.39, 0.29) is 0 Å². The van der Waals surface area contributed by atoms with E-state index in [1.54, 1.807) is 24.3 Å². The number of carbonyl (C=O) groups excluding carboxylic acids is 3. The summed E-state index contributed by atoms with van der Waals surface area (Å²) in [5, 5.41) is 3.17. The van der Waals surface area contributed by atoms with Crippen molar-refractivity contribution in [3.63, 3.8) is 0 Å². The molecule has 1 aliphatic rings. The molecular formula is C19H15N3O3S. The smallest absolute Gasteiger partial charge is 0.262 e. The third-order valence-corrected chi connectivity index (χ3v) is 5.38. The molecule has 1 aromatic heterocycles. The molecule has 1 N–H and O–H groups in total. The summed E-state index contributed by atoms with van der Waals surface area (Å²) < 4.78 is 0.966. The minimum atomic E-state index is -0.935. The Morgan fingerprint density at radius 3 is 2.35 bits per heavy atom. The highest BCUT2D eigenvalue weighted by Gasteiger charge is 2.40. The largest absolute Gasteiger partial charge is 0.300 e. The molecule has 0 saturated heterocycles.